The molecule has 316 valence electrons. The molecule has 0 spiro atoms. The van der Waals surface area contributed by atoms with Gasteiger partial charge in [0.15, 0.2) is 0 Å². The van der Waals surface area contributed by atoms with Crippen molar-refractivity contribution in [2.45, 2.75) is 70.3 Å². The number of fused-ring (bicyclic) bond motifs is 2. The van der Waals surface area contributed by atoms with Gasteiger partial charge in [0.05, 0.1) is 6.04 Å². The van der Waals surface area contributed by atoms with E-state index in [-0.39, 0.29) is 11.8 Å². The van der Waals surface area contributed by atoms with Crippen LogP contribution < -0.4 is 4.90 Å². The quantitative estimate of drug-likeness (QED) is 0.166. The van der Waals surface area contributed by atoms with Gasteiger partial charge in [0.25, 0.3) is 0 Å². The average molecular weight is 823 g/mol. The van der Waals surface area contributed by atoms with Crippen molar-refractivity contribution in [1.29, 1.82) is 0 Å². The van der Waals surface area contributed by atoms with Gasteiger partial charge in [-0.2, -0.15) is 0 Å². The Morgan fingerprint density at radius 3 is 2.37 bits per heavy atom. The molecule has 5 aliphatic rings. The molecule has 2 aliphatic heterocycles. The molecule has 2 heterocycles. The van der Waals surface area contributed by atoms with Gasteiger partial charge < -0.3 is 9.80 Å². The average Bonchev–Trinajstić information content (AvgIpc) is 3.72. The molecule has 3 aliphatic carbocycles. The number of allylic oxidation sites excluding steroid dienone is 15. The molecule has 4 unspecified atom stereocenters. The first-order valence-electron chi connectivity index (χ1n) is 23.4. The van der Waals surface area contributed by atoms with Crippen molar-refractivity contribution in [1.82, 2.24) is 4.90 Å². The number of hydrogen-bond donors (Lipinski definition) is 0. The summed E-state index contributed by atoms with van der Waals surface area (Å²) in [5, 5.41) is 0. The zero-order chi connectivity index (χ0) is 43.0. The standard InChI is InChI=1S/C61H62N2/c1-45-22-10-9-19-37-62(44-56(45)40-55(52-30-11-4-5-12-31-52)38-46(2)49-24-13-6-14-25-49)57-33-21-34-60-59(42-57)47(3)58-41-54(51-28-17-8-18-29-51)35-36-61(58)63(60)43-48-23-20-32-53(39-48)50-26-15-7-16-27-50/h6-11,13-20,22,24-33,35-36,38-42,46-48,60H,1,4-5,12,21,23,34,37,43-44H2,2-3H3/b19-9-,22-10-,55-38+,56-40+. The van der Waals surface area contributed by atoms with Gasteiger partial charge >= 0.3 is 0 Å². The Morgan fingerprint density at radius 1 is 0.778 bits per heavy atom. The minimum absolute atomic E-state index is 0.269. The van der Waals surface area contributed by atoms with Gasteiger partial charge in [-0.25, -0.2) is 0 Å². The SMILES string of the molecule is C=C1/C=C\C=C/CN(C2=CCCC3C(=C2)C(C)c2cc(-c4ccccc4)ccc2N3CC2C=C(c3ccccc3)C=CC2)C/C1=C\C(=C/C(C)c1ccccc1)C1=CCCCC=C1. The molecular weight excluding hydrogens is 761 g/mol. The molecule has 2 heteroatoms. The topological polar surface area (TPSA) is 6.48 Å². The zero-order valence-corrected chi connectivity index (χ0v) is 37.3. The Hall–Kier alpha value is -6.38. The van der Waals surface area contributed by atoms with Crippen molar-refractivity contribution in [3.05, 3.63) is 251 Å². The lowest BCUT2D eigenvalue weighted by molar-refractivity contribution is 0.425. The highest BCUT2D eigenvalue weighted by atomic mass is 15.2. The summed E-state index contributed by atoms with van der Waals surface area (Å²) in [4.78, 5) is 5.38. The molecule has 0 bridgehead atoms. The summed E-state index contributed by atoms with van der Waals surface area (Å²) in [6.45, 7) is 12.0. The van der Waals surface area contributed by atoms with Crippen molar-refractivity contribution in [3.63, 3.8) is 0 Å². The number of anilines is 1. The van der Waals surface area contributed by atoms with Crippen LogP contribution >= 0.6 is 0 Å². The molecule has 63 heavy (non-hydrogen) atoms. The Kier molecular flexibility index (Phi) is 13.2. The Morgan fingerprint density at radius 2 is 1.56 bits per heavy atom. The van der Waals surface area contributed by atoms with Crippen molar-refractivity contribution in [3.8, 4) is 11.1 Å². The number of nitrogens with zero attached hydrogens (tertiary/aromatic N) is 2. The normalized spacial score (nSPS) is 23.7. The van der Waals surface area contributed by atoms with Crippen LogP contribution in [0, 0.1) is 5.92 Å². The highest BCUT2D eigenvalue weighted by Crippen LogP contribution is 2.47. The first-order chi connectivity index (χ1) is 31.0. The van der Waals surface area contributed by atoms with E-state index in [1.54, 1.807) is 0 Å². The number of rotatable bonds is 9. The monoisotopic (exact) mass is 822 g/mol. The summed E-state index contributed by atoms with van der Waals surface area (Å²) < 4.78 is 0. The van der Waals surface area contributed by atoms with Crippen LogP contribution in [-0.2, 0) is 0 Å². The molecule has 0 aromatic heterocycles. The molecular formula is C61H62N2. The Bertz CT molecular complexity index is 2590. The van der Waals surface area contributed by atoms with Gasteiger partial charge in [-0.15, -0.1) is 0 Å². The second kappa shape index (κ2) is 19.8. The maximum Gasteiger partial charge on any atom is 0.0515 e. The van der Waals surface area contributed by atoms with Crippen LogP contribution in [0.15, 0.2) is 234 Å². The molecule has 0 fully saturated rings. The van der Waals surface area contributed by atoms with E-state index in [0.29, 0.717) is 12.0 Å². The van der Waals surface area contributed by atoms with Gasteiger partial charge in [0.2, 0.25) is 0 Å². The van der Waals surface area contributed by atoms with Gasteiger partial charge in [-0.3, -0.25) is 0 Å². The summed E-state index contributed by atoms with van der Waals surface area (Å²) in [6, 6.07) is 40.3. The van der Waals surface area contributed by atoms with Gasteiger partial charge in [0, 0.05) is 36.9 Å². The van der Waals surface area contributed by atoms with E-state index in [2.05, 4.69) is 224 Å². The van der Waals surface area contributed by atoms with Crippen LogP contribution in [0.4, 0.5) is 5.69 Å². The fourth-order valence-corrected chi connectivity index (χ4v) is 10.1. The van der Waals surface area contributed by atoms with E-state index in [1.165, 1.54) is 73.5 Å². The van der Waals surface area contributed by atoms with E-state index in [0.717, 1.165) is 57.3 Å². The highest BCUT2D eigenvalue weighted by molar-refractivity contribution is 5.76. The van der Waals surface area contributed by atoms with Crippen LogP contribution in [0.2, 0.25) is 0 Å². The Labute approximate surface area is 377 Å². The lowest BCUT2D eigenvalue weighted by Gasteiger charge is -2.45. The molecule has 0 saturated carbocycles. The zero-order valence-electron chi connectivity index (χ0n) is 37.3. The fraction of sp³-hybridized carbons (Fsp3) is 0.246. The summed E-state index contributed by atoms with van der Waals surface area (Å²) in [5.74, 6) is 0.957. The van der Waals surface area contributed by atoms with Gasteiger partial charge in [-0.05, 0) is 136 Å². The van der Waals surface area contributed by atoms with E-state index in [1.807, 2.05) is 0 Å². The number of hydrogen-bond acceptors (Lipinski definition) is 2. The lowest BCUT2D eigenvalue weighted by atomic mass is 9.79. The summed E-state index contributed by atoms with van der Waals surface area (Å²) in [7, 11) is 0. The smallest absolute Gasteiger partial charge is 0.0515 e. The predicted molar refractivity (Wildman–Crippen MR) is 270 cm³/mol. The van der Waals surface area contributed by atoms with E-state index >= 15 is 0 Å². The molecule has 0 radical (unpaired) electrons. The maximum atomic E-state index is 4.69. The van der Waals surface area contributed by atoms with Crippen LogP contribution in [0.1, 0.15) is 80.9 Å². The van der Waals surface area contributed by atoms with Crippen LogP contribution in [0.5, 0.6) is 0 Å². The lowest BCUT2D eigenvalue weighted by Crippen LogP contribution is -2.44. The molecule has 0 N–H and O–H groups in total. The van der Waals surface area contributed by atoms with Crippen molar-refractivity contribution in [2.75, 3.05) is 24.5 Å². The third kappa shape index (κ3) is 9.82. The molecule has 0 saturated heterocycles. The van der Waals surface area contributed by atoms with E-state index in [9.17, 15) is 0 Å². The maximum absolute atomic E-state index is 4.69. The second-order valence-corrected chi connectivity index (χ2v) is 17.9. The highest BCUT2D eigenvalue weighted by Gasteiger charge is 2.37. The van der Waals surface area contributed by atoms with Gasteiger partial charge in [0.1, 0.15) is 0 Å². The van der Waals surface area contributed by atoms with E-state index in [4.69, 9.17) is 0 Å². The summed E-state index contributed by atoms with van der Waals surface area (Å²) in [6.07, 6.45) is 39.8. The van der Waals surface area contributed by atoms with Gasteiger partial charge in [-0.1, -0.05) is 190 Å². The first-order valence-corrected chi connectivity index (χ1v) is 23.4. The number of benzene rings is 4. The second-order valence-electron chi connectivity index (χ2n) is 17.9. The van der Waals surface area contributed by atoms with Crippen molar-refractivity contribution in [2.24, 2.45) is 5.92 Å². The predicted octanol–water partition coefficient (Wildman–Crippen LogP) is 15.2. The van der Waals surface area contributed by atoms with Crippen molar-refractivity contribution < 1.29 is 0 Å². The van der Waals surface area contributed by atoms with Crippen LogP contribution in [0.25, 0.3) is 16.7 Å². The minimum Gasteiger partial charge on any atom is -0.364 e. The molecule has 9 rings (SSSR count). The minimum atomic E-state index is 0.269. The summed E-state index contributed by atoms with van der Waals surface area (Å²) in [5.41, 5.74) is 17.1. The van der Waals surface area contributed by atoms with E-state index < -0.39 is 0 Å². The summed E-state index contributed by atoms with van der Waals surface area (Å²) >= 11 is 0. The Balaban J connectivity index is 1.09. The molecule has 4 atom stereocenters. The molecule has 2 nitrogen and oxygen atoms in total. The van der Waals surface area contributed by atoms with Crippen molar-refractivity contribution >= 4 is 11.3 Å². The van der Waals surface area contributed by atoms with Crippen LogP contribution in [0.3, 0.4) is 0 Å². The molecule has 0 amide bonds. The van der Waals surface area contributed by atoms with Crippen LogP contribution in [-0.4, -0.2) is 30.6 Å². The largest absolute Gasteiger partial charge is 0.364 e. The first kappa shape index (κ1) is 41.9. The fourth-order valence-electron chi connectivity index (χ4n) is 10.1. The third-order valence-electron chi connectivity index (χ3n) is 13.6. The third-order valence-corrected chi connectivity index (χ3v) is 13.6. The molecule has 4 aromatic rings. The molecule has 4 aromatic carbocycles.